The van der Waals surface area contributed by atoms with Gasteiger partial charge >= 0.3 is 0 Å². The van der Waals surface area contributed by atoms with Crippen molar-refractivity contribution in [3.05, 3.63) is 69.2 Å². The second-order valence-corrected chi connectivity index (χ2v) is 5.01. The molecule has 0 fully saturated rings. The molecule has 0 unspecified atom stereocenters. The van der Waals surface area contributed by atoms with Gasteiger partial charge in [0.25, 0.3) is 0 Å². The number of carbonyl (C=O) groups excluding carboxylic acids is 1. The van der Waals surface area contributed by atoms with Crippen molar-refractivity contribution in [2.24, 2.45) is 0 Å². The third kappa shape index (κ3) is 3.43. The Hall–Kier alpha value is -2.28. The van der Waals surface area contributed by atoms with Gasteiger partial charge in [0.05, 0.1) is 10.0 Å². The zero-order valence-electron chi connectivity index (χ0n) is 10.7. The zero-order chi connectivity index (χ0) is 15.4. The number of hydrogen-bond acceptors (Lipinski definition) is 3. The molecular weight excluding hydrogens is 309 g/mol. The number of phenols is 1. The van der Waals surface area contributed by atoms with Gasteiger partial charge in [0.15, 0.2) is 5.75 Å². The minimum absolute atomic E-state index is 0.0426. The van der Waals surface area contributed by atoms with E-state index in [9.17, 15) is 9.90 Å². The first kappa shape index (κ1) is 15.1. The number of allylic oxidation sites excluding steroid dienone is 1. The third-order valence-electron chi connectivity index (χ3n) is 2.75. The summed E-state index contributed by atoms with van der Waals surface area (Å²) < 4.78 is 0. The molecule has 5 heteroatoms. The molecular formula is C16H9Cl2NO2. The van der Waals surface area contributed by atoms with Crippen LogP contribution in [0.5, 0.6) is 5.75 Å². The molecule has 2 aromatic rings. The van der Waals surface area contributed by atoms with E-state index in [0.29, 0.717) is 11.1 Å². The van der Waals surface area contributed by atoms with Crippen LogP contribution in [0.15, 0.2) is 48.0 Å². The number of halogens is 2. The van der Waals surface area contributed by atoms with Crippen LogP contribution in [0.25, 0.3) is 6.08 Å². The Morgan fingerprint density at radius 1 is 1.14 bits per heavy atom. The van der Waals surface area contributed by atoms with Crippen molar-refractivity contribution >= 4 is 35.1 Å². The van der Waals surface area contributed by atoms with E-state index in [-0.39, 0.29) is 21.4 Å². The number of carbonyl (C=O) groups is 1. The van der Waals surface area contributed by atoms with Crippen LogP contribution in [0, 0.1) is 11.3 Å². The van der Waals surface area contributed by atoms with Crippen LogP contribution in [-0.2, 0) is 0 Å². The number of ketones is 1. The molecule has 2 aromatic carbocycles. The summed E-state index contributed by atoms with van der Waals surface area (Å²) in [4.78, 5) is 12.2. The summed E-state index contributed by atoms with van der Waals surface area (Å²) >= 11 is 11.6. The van der Waals surface area contributed by atoms with E-state index in [1.807, 2.05) is 6.07 Å². The van der Waals surface area contributed by atoms with Crippen LogP contribution in [0.1, 0.15) is 15.9 Å². The minimum atomic E-state index is -0.390. The first-order chi connectivity index (χ1) is 10.0. The molecule has 0 saturated carbocycles. The summed E-state index contributed by atoms with van der Waals surface area (Å²) in [6, 6.07) is 13.2. The first-order valence-corrected chi connectivity index (χ1v) is 6.68. The van der Waals surface area contributed by atoms with Crippen molar-refractivity contribution in [3.63, 3.8) is 0 Å². The number of rotatable bonds is 3. The van der Waals surface area contributed by atoms with E-state index >= 15 is 0 Å². The third-order valence-corrected chi connectivity index (χ3v) is 3.33. The number of benzene rings is 2. The Kier molecular flexibility index (Phi) is 4.64. The highest BCUT2D eigenvalue weighted by Crippen LogP contribution is 2.33. The minimum Gasteiger partial charge on any atom is -0.505 e. The molecule has 0 amide bonds. The van der Waals surface area contributed by atoms with Crippen molar-refractivity contribution in [1.29, 1.82) is 5.26 Å². The van der Waals surface area contributed by atoms with Gasteiger partial charge in [-0.2, -0.15) is 5.26 Å². The SMILES string of the molecule is N#C/C(=C\c1cc(Cl)c(O)c(Cl)c1)C(=O)c1ccccc1. The number of hydrogen-bond donors (Lipinski definition) is 1. The van der Waals surface area contributed by atoms with E-state index in [0.717, 1.165) is 0 Å². The van der Waals surface area contributed by atoms with E-state index in [4.69, 9.17) is 28.5 Å². The Morgan fingerprint density at radius 3 is 2.24 bits per heavy atom. The molecule has 21 heavy (non-hydrogen) atoms. The Bertz CT molecular complexity index is 739. The number of phenolic OH excluding ortho intramolecular Hbond substituents is 1. The van der Waals surface area contributed by atoms with Crippen LogP contribution in [0.4, 0.5) is 0 Å². The summed E-state index contributed by atoms with van der Waals surface area (Å²) in [5.41, 5.74) is 0.837. The van der Waals surface area contributed by atoms with Gasteiger partial charge < -0.3 is 5.11 Å². The lowest BCUT2D eigenvalue weighted by atomic mass is 10.0. The number of nitrogens with zero attached hydrogens (tertiary/aromatic N) is 1. The highest BCUT2D eigenvalue weighted by molar-refractivity contribution is 6.37. The molecule has 0 bridgehead atoms. The molecule has 0 heterocycles. The van der Waals surface area contributed by atoms with E-state index < -0.39 is 5.78 Å². The molecule has 0 atom stereocenters. The predicted octanol–water partition coefficient (Wildman–Crippen LogP) is 4.49. The molecule has 2 rings (SSSR count). The molecule has 1 N–H and O–H groups in total. The van der Waals surface area contributed by atoms with Crippen molar-refractivity contribution in [3.8, 4) is 11.8 Å². The van der Waals surface area contributed by atoms with Gasteiger partial charge in [0, 0.05) is 5.56 Å². The fourth-order valence-corrected chi connectivity index (χ4v) is 2.23. The topological polar surface area (TPSA) is 61.1 Å². The smallest absolute Gasteiger partial charge is 0.203 e. The summed E-state index contributed by atoms with van der Waals surface area (Å²) in [6.07, 6.45) is 1.38. The van der Waals surface area contributed by atoms with Gasteiger partial charge in [-0.1, -0.05) is 53.5 Å². The van der Waals surface area contributed by atoms with Crippen LogP contribution >= 0.6 is 23.2 Å². The number of Topliss-reactive ketones (excluding diaryl/α,β-unsaturated/α-hetero) is 1. The molecule has 0 aliphatic carbocycles. The Labute approximate surface area is 131 Å². The lowest BCUT2D eigenvalue weighted by Gasteiger charge is -2.03. The highest BCUT2D eigenvalue weighted by atomic mass is 35.5. The van der Waals surface area contributed by atoms with Gasteiger partial charge in [-0.15, -0.1) is 0 Å². The average Bonchev–Trinajstić information content (AvgIpc) is 2.50. The van der Waals surface area contributed by atoms with Crippen molar-refractivity contribution in [2.45, 2.75) is 0 Å². The fourth-order valence-electron chi connectivity index (χ4n) is 1.73. The summed E-state index contributed by atoms with van der Waals surface area (Å²) in [5.74, 6) is -0.623. The van der Waals surface area contributed by atoms with Crippen LogP contribution in [0.3, 0.4) is 0 Å². The maximum absolute atomic E-state index is 12.2. The Balaban J connectivity index is 2.43. The maximum atomic E-state index is 12.2. The second-order valence-electron chi connectivity index (χ2n) is 4.20. The molecule has 0 radical (unpaired) electrons. The molecule has 0 aliphatic rings. The van der Waals surface area contributed by atoms with Crippen LogP contribution in [-0.4, -0.2) is 10.9 Å². The second kappa shape index (κ2) is 6.45. The van der Waals surface area contributed by atoms with Crippen molar-refractivity contribution < 1.29 is 9.90 Å². The summed E-state index contributed by atoms with van der Waals surface area (Å²) in [5, 5.41) is 18.8. The number of aromatic hydroxyl groups is 1. The van der Waals surface area contributed by atoms with Crippen LogP contribution in [0.2, 0.25) is 10.0 Å². The standard InChI is InChI=1S/C16H9Cl2NO2/c17-13-7-10(8-14(18)16(13)21)6-12(9-19)15(20)11-4-2-1-3-5-11/h1-8,21H/b12-6+. The van der Waals surface area contributed by atoms with Crippen LogP contribution < -0.4 is 0 Å². The van der Waals surface area contributed by atoms with Crippen molar-refractivity contribution in [2.75, 3.05) is 0 Å². The monoisotopic (exact) mass is 317 g/mol. The number of nitriles is 1. The van der Waals surface area contributed by atoms with Crippen molar-refractivity contribution in [1.82, 2.24) is 0 Å². The zero-order valence-corrected chi connectivity index (χ0v) is 12.2. The van der Waals surface area contributed by atoms with E-state index in [1.54, 1.807) is 30.3 Å². The maximum Gasteiger partial charge on any atom is 0.203 e. The quantitative estimate of drug-likeness (QED) is 0.515. The van der Waals surface area contributed by atoms with E-state index in [2.05, 4.69) is 0 Å². The molecule has 104 valence electrons. The molecule has 0 aliphatic heterocycles. The van der Waals surface area contributed by atoms with E-state index in [1.165, 1.54) is 18.2 Å². The van der Waals surface area contributed by atoms with Gasteiger partial charge in [-0.3, -0.25) is 4.79 Å². The highest BCUT2D eigenvalue weighted by Gasteiger charge is 2.13. The lowest BCUT2D eigenvalue weighted by molar-refractivity contribution is 0.104. The predicted molar refractivity (Wildman–Crippen MR) is 82.5 cm³/mol. The van der Waals surface area contributed by atoms with Gasteiger partial charge in [0.2, 0.25) is 5.78 Å². The summed E-state index contributed by atoms with van der Waals surface area (Å²) in [6.45, 7) is 0. The molecule has 0 saturated heterocycles. The fraction of sp³-hybridized carbons (Fsp3) is 0. The summed E-state index contributed by atoms with van der Waals surface area (Å²) in [7, 11) is 0. The first-order valence-electron chi connectivity index (χ1n) is 5.92. The normalized spacial score (nSPS) is 11.0. The average molecular weight is 318 g/mol. The molecule has 0 spiro atoms. The molecule has 0 aromatic heterocycles. The van der Waals surface area contributed by atoms with Gasteiger partial charge in [0.1, 0.15) is 11.6 Å². The largest absolute Gasteiger partial charge is 0.505 e. The molecule has 3 nitrogen and oxygen atoms in total. The van der Waals surface area contributed by atoms with Gasteiger partial charge in [-0.05, 0) is 23.8 Å². The van der Waals surface area contributed by atoms with Gasteiger partial charge in [-0.25, -0.2) is 0 Å². The lowest BCUT2D eigenvalue weighted by Crippen LogP contribution is -2.01. The Morgan fingerprint density at radius 2 is 1.71 bits per heavy atom.